The predicted octanol–water partition coefficient (Wildman–Crippen LogP) is -10.3. The zero-order valence-corrected chi connectivity index (χ0v) is 37.5. The molecule has 4 aliphatic rings. The van der Waals surface area contributed by atoms with Crippen molar-refractivity contribution in [3.05, 3.63) is 11.8 Å². The van der Waals surface area contributed by atoms with Crippen LogP contribution < -0.4 is 9.44 Å². The fourth-order valence-corrected chi connectivity index (χ4v) is 9.24. The molecular formula is C23H36N2O38S6. The van der Waals surface area contributed by atoms with E-state index in [1.165, 1.54) is 9.44 Å². The number of hydrogen-bond acceptors (Lipinski definition) is 30. The van der Waals surface area contributed by atoms with Crippen LogP contribution in [0, 0.1) is 0 Å². The lowest BCUT2D eigenvalue weighted by Crippen LogP contribution is -2.70. The molecule has 0 saturated carbocycles. The molecule has 0 aromatic carbocycles. The van der Waals surface area contributed by atoms with Crippen LogP contribution in [-0.2, 0) is 122 Å². The van der Waals surface area contributed by atoms with Crippen LogP contribution in [0.2, 0.25) is 0 Å². The van der Waals surface area contributed by atoms with Gasteiger partial charge >= 0.3 is 74.1 Å². The molecule has 0 bridgehead atoms. The van der Waals surface area contributed by atoms with Gasteiger partial charge in [-0.05, 0) is 6.08 Å². The highest BCUT2D eigenvalue weighted by Crippen LogP contribution is 2.36. The van der Waals surface area contributed by atoms with E-state index in [1.807, 2.05) is 0 Å². The number of carboxylic acids is 2. The number of ether oxygens (including phenoxy) is 7. The highest BCUT2D eigenvalue weighted by molar-refractivity contribution is 7.84. The summed E-state index contributed by atoms with van der Waals surface area (Å²) >= 11 is 0. The van der Waals surface area contributed by atoms with Gasteiger partial charge in [0.15, 0.2) is 37.2 Å². The molecule has 0 amide bonds. The predicted molar refractivity (Wildman–Crippen MR) is 195 cm³/mol. The van der Waals surface area contributed by atoms with Gasteiger partial charge in [0.2, 0.25) is 18.3 Å². The molecule has 0 aliphatic carbocycles. The second-order valence-corrected chi connectivity index (χ2v) is 20.3. The van der Waals surface area contributed by atoms with E-state index >= 15 is 0 Å². The Morgan fingerprint density at radius 2 is 1.03 bits per heavy atom. The van der Waals surface area contributed by atoms with E-state index in [4.69, 9.17) is 37.7 Å². The van der Waals surface area contributed by atoms with Crippen molar-refractivity contribution in [3.63, 3.8) is 0 Å². The molecule has 1 unspecified atom stereocenters. The van der Waals surface area contributed by atoms with E-state index in [-0.39, 0.29) is 6.08 Å². The zero-order valence-electron chi connectivity index (χ0n) is 32.6. The topological polar surface area (TPSA) is 628 Å². The first-order valence-electron chi connectivity index (χ1n) is 17.4. The molecule has 15 N–H and O–H groups in total. The summed E-state index contributed by atoms with van der Waals surface area (Å²) in [5.74, 6) is -5.83. The van der Waals surface area contributed by atoms with Gasteiger partial charge in [-0.15, -0.1) is 0 Å². The number of hydrogen-bond donors (Lipinski definition) is 15. The van der Waals surface area contributed by atoms with E-state index in [2.05, 4.69) is 16.7 Å². The SMILES string of the molecule is O=C(O)C1=C[C@H](O)[C@@H](OS(=O)(=O)O)[C@H](O[C@@H]2[C@@H](OS(=O)(=O)O)O[C@H](O[C@@H]3[C@H](O)[C@@H](OS(=O)(=O)O)[C@H](O[C@H]4[C@H](O)[C@@H](NS(=O)(=O)O)C(O)O[C@@H]4COS(=O)(=O)O)O[C@H]3C(=O)O)[C@H](NS(=O)(=O)O)[C@H]2O)O1. The van der Waals surface area contributed by atoms with Crippen LogP contribution in [0.15, 0.2) is 11.8 Å². The van der Waals surface area contributed by atoms with E-state index in [0.717, 1.165) is 0 Å². The first-order valence-corrected chi connectivity index (χ1v) is 25.7. The Morgan fingerprint density at radius 3 is 1.52 bits per heavy atom. The third kappa shape index (κ3) is 16.9. The van der Waals surface area contributed by atoms with Gasteiger partial charge in [0.25, 0.3) is 0 Å². The van der Waals surface area contributed by atoms with Crippen molar-refractivity contribution >= 4 is 74.1 Å². The van der Waals surface area contributed by atoms with E-state index in [9.17, 15) is 119 Å². The van der Waals surface area contributed by atoms with Crippen LogP contribution in [0.25, 0.3) is 0 Å². The summed E-state index contributed by atoms with van der Waals surface area (Å²) in [5.41, 5.74) is 0. The molecule has 3 saturated heterocycles. The Hall–Kier alpha value is -2.74. The Bertz CT molecular complexity index is 2590. The average molecular weight is 1140 g/mol. The average Bonchev–Trinajstić information content (AvgIpc) is 3.14. The third-order valence-corrected chi connectivity index (χ3v) is 11.8. The fraction of sp³-hybridized carbons (Fsp3) is 0.826. The van der Waals surface area contributed by atoms with Crippen molar-refractivity contribution in [2.45, 2.75) is 111 Å². The highest BCUT2D eigenvalue weighted by atomic mass is 32.3. The molecule has 69 heavy (non-hydrogen) atoms. The van der Waals surface area contributed by atoms with Crippen molar-refractivity contribution in [2.75, 3.05) is 6.61 Å². The molecule has 0 aromatic heterocycles. The molecule has 4 rings (SSSR count). The number of aliphatic hydroxyl groups excluding tert-OH is 5. The summed E-state index contributed by atoms with van der Waals surface area (Å²) in [6.45, 7) is -1.57. The maximum absolute atomic E-state index is 12.6. The maximum Gasteiger partial charge on any atom is 0.399 e. The molecule has 46 heteroatoms. The molecule has 18 atom stereocenters. The second-order valence-electron chi connectivity index (χ2n) is 13.7. The molecule has 0 radical (unpaired) electrons. The molecule has 40 nitrogen and oxygen atoms in total. The number of rotatable bonds is 21. The van der Waals surface area contributed by atoms with Crippen LogP contribution in [0.5, 0.6) is 0 Å². The number of carboxylic acid groups (broad SMARTS) is 2. The minimum Gasteiger partial charge on any atom is -0.479 e. The van der Waals surface area contributed by atoms with Gasteiger partial charge in [0.1, 0.15) is 60.9 Å². The summed E-state index contributed by atoms with van der Waals surface area (Å²) in [7, 11) is -34.5. The molecular weight excluding hydrogens is 1100 g/mol. The van der Waals surface area contributed by atoms with Gasteiger partial charge in [-0.3, -0.25) is 27.3 Å². The van der Waals surface area contributed by atoms with Crippen molar-refractivity contribution in [1.29, 1.82) is 0 Å². The summed E-state index contributed by atoms with van der Waals surface area (Å²) < 4.78 is 252. The summed E-state index contributed by atoms with van der Waals surface area (Å²) in [4.78, 5) is 24.3. The lowest BCUT2D eigenvalue weighted by atomic mass is 9.95. The van der Waals surface area contributed by atoms with Gasteiger partial charge in [-0.1, -0.05) is 0 Å². The smallest absolute Gasteiger partial charge is 0.399 e. The first kappa shape index (κ1) is 58.8. The van der Waals surface area contributed by atoms with Gasteiger partial charge in [0.05, 0.1) is 6.61 Å². The van der Waals surface area contributed by atoms with Crippen molar-refractivity contribution < 1.29 is 173 Å². The van der Waals surface area contributed by atoms with Crippen molar-refractivity contribution in [1.82, 2.24) is 9.44 Å². The Morgan fingerprint density at radius 1 is 0.536 bits per heavy atom. The standard InChI is InChI=1S/C23H36N2O38S6/c26-3-1-4(17(30)31)55-21(11(3)61-67(44,45)46)58-14-9(28)7(25-65(38,39)40)20(60-23(14)63-69(50,51)52)57-13-10(29)15(62-68(47,48)49)22(59-16(13)18(32)33)56-12-5(2-53-66(41,42)43)54-19(34)6(8(12)27)24-64(35,36)37/h1,3,5-16,19-29,34H,2H2,(H,30,31)(H,32,33)(H,35,36,37)(H,38,39,40)(H,41,42,43)(H,44,45,46)(H,47,48,49)(H,50,51,52)/t3-,5+,6+,7+,8+,9+,10-,11+,12+,13+,14-,15+,16+,19?,20-,21-,22+,23+/m0/s1. The summed E-state index contributed by atoms with van der Waals surface area (Å²) in [5, 5.41) is 74.0. The van der Waals surface area contributed by atoms with Crippen LogP contribution in [-0.4, -0.2) is 243 Å². The van der Waals surface area contributed by atoms with E-state index < -0.39 is 197 Å². The Labute approximate surface area is 384 Å². The van der Waals surface area contributed by atoms with Crippen LogP contribution in [0.1, 0.15) is 0 Å². The van der Waals surface area contributed by atoms with Gasteiger partial charge < -0.3 is 68.9 Å². The molecule has 0 spiro atoms. The molecule has 4 heterocycles. The van der Waals surface area contributed by atoms with Crippen LogP contribution in [0.3, 0.4) is 0 Å². The normalized spacial score (nSPS) is 37.6. The number of aliphatic carboxylic acids is 2. The van der Waals surface area contributed by atoms with Gasteiger partial charge in [-0.25, -0.2) is 26.3 Å². The number of carbonyl (C=O) groups is 2. The van der Waals surface area contributed by atoms with Crippen molar-refractivity contribution in [3.8, 4) is 0 Å². The highest BCUT2D eigenvalue weighted by Gasteiger charge is 2.59. The zero-order chi connectivity index (χ0) is 52.7. The Kier molecular flexibility index (Phi) is 18.6. The number of nitrogens with one attached hydrogen (secondary N) is 2. The van der Waals surface area contributed by atoms with Crippen molar-refractivity contribution in [2.24, 2.45) is 0 Å². The fourth-order valence-electron chi connectivity index (χ4n) is 6.37. The lowest BCUT2D eigenvalue weighted by Gasteiger charge is -2.49. The summed E-state index contributed by atoms with van der Waals surface area (Å²) in [6.07, 6.45) is -45.6. The Balaban J connectivity index is 1.80. The molecule has 3 fully saturated rings. The second kappa shape index (κ2) is 21.8. The quantitative estimate of drug-likeness (QED) is 0.0475. The number of aliphatic hydroxyl groups is 5. The monoisotopic (exact) mass is 1140 g/mol. The minimum absolute atomic E-state index is 0.236. The van der Waals surface area contributed by atoms with Gasteiger partial charge in [0, 0.05) is 0 Å². The van der Waals surface area contributed by atoms with Gasteiger partial charge in [-0.2, -0.15) is 60.0 Å². The van der Waals surface area contributed by atoms with Crippen LogP contribution >= 0.6 is 0 Å². The minimum atomic E-state index is -6.03. The molecule has 0 aromatic rings. The van der Waals surface area contributed by atoms with E-state index in [1.54, 1.807) is 0 Å². The maximum atomic E-state index is 12.6. The lowest BCUT2D eigenvalue weighted by molar-refractivity contribution is -0.374. The van der Waals surface area contributed by atoms with Crippen LogP contribution in [0.4, 0.5) is 0 Å². The molecule has 402 valence electrons. The van der Waals surface area contributed by atoms with E-state index in [0.29, 0.717) is 0 Å². The molecule has 4 aliphatic heterocycles. The third-order valence-electron chi connectivity index (χ3n) is 8.88. The summed E-state index contributed by atoms with van der Waals surface area (Å²) in [6, 6.07) is -5.41. The first-order chi connectivity index (χ1) is 31.1. The largest absolute Gasteiger partial charge is 0.479 e.